The van der Waals surface area contributed by atoms with Crippen LogP contribution in [0.25, 0.3) is 0 Å². The lowest BCUT2D eigenvalue weighted by Crippen LogP contribution is -2.58. The molecule has 0 spiro atoms. The second-order valence-electron chi connectivity index (χ2n) is 7.53. The summed E-state index contributed by atoms with van der Waals surface area (Å²) in [5, 5.41) is 3.43. The first-order valence-corrected chi connectivity index (χ1v) is 10.3. The van der Waals surface area contributed by atoms with Crippen LogP contribution >= 0.6 is 11.6 Å². The fourth-order valence-corrected chi connectivity index (χ4v) is 4.08. The summed E-state index contributed by atoms with van der Waals surface area (Å²) < 4.78 is 13.2. The predicted molar refractivity (Wildman–Crippen MR) is 119 cm³/mol. The average molecular weight is 434 g/mol. The number of hydrogen-bond donors (Lipinski definition) is 2. The van der Waals surface area contributed by atoms with Crippen LogP contribution in [0.15, 0.2) is 36.4 Å². The molecule has 2 aromatic rings. The van der Waals surface area contributed by atoms with E-state index in [1.54, 1.807) is 7.05 Å². The van der Waals surface area contributed by atoms with Gasteiger partial charge in [0.25, 0.3) is 0 Å². The van der Waals surface area contributed by atoms with Gasteiger partial charge in [0.15, 0.2) is 0 Å². The number of nitrogens with one attached hydrogen (secondary N) is 1. The summed E-state index contributed by atoms with van der Waals surface area (Å²) in [6.45, 7) is 5.91. The fourth-order valence-electron chi connectivity index (χ4n) is 3.76. The Hall–Kier alpha value is -2.44. The van der Waals surface area contributed by atoms with Crippen molar-refractivity contribution in [2.45, 2.75) is 45.6 Å². The molecule has 0 bridgehead atoms. The van der Waals surface area contributed by atoms with Crippen LogP contribution in [0, 0.1) is 19.7 Å². The molecule has 3 N–H and O–H groups in total. The first-order chi connectivity index (χ1) is 14.1. The lowest BCUT2D eigenvalue weighted by Gasteiger charge is -2.40. The molecular weight excluding hydrogens is 405 g/mol. The van der Waals surface area contributed by atoms with Crippen LogP contribution in [-0.2, 0) is 16.0 Å². The van der Waals surface area contributed by atoms with Gasteiger partial charge in [-0.25, -0.2) is 4.39 Å². The van der Waals surface area contributed by atoms with Crippen molar-refractivity contribution in [1.82, 2.24) is 4.90 Å². The van der Waals surface area contributed by atoms with Gasteiger partial charge >= 0.3 is 0 Å². The number of likely N-dealkylation sites (N-methyl/N-ethyl adjacent to an activating group) is 1. The van der Waals surface area contributed by atoms with E-state index in [1.807, 2.05) is 32.9 Å². The standard InChI is InChI=1S/C23H29ClFN3O2/c1-5-23(10-11-26,22(30)27-19-8-6-18(25)7-9-19)28(4)21(29)14-20-15(2)12-17(24)13-16(20)3/h6-9,12-13H,5,10-11,14,26H2,1-4H3,(H,27,30). The van der Waals surface area contributed by atoms with Gasteiger partial charge in [0.1, 0.15) is 11.4 Å². The van der Waals surface area contributed by atoms with E-state index in [0.29, 0.717) is 23.6 Å². The smallest absolute Gasteiger partial charge is 0.250 e. The zero-order valence-electron chi connectivity index (χ0n) is 17.9. The number of carbonyl (C=O) groups excluding carboxylic acids is 2. The number of aryl methyl sites for hydroxylation is 2. The highest BCUT2D eigenvalue weighted by molar-refractivity contribution is 6.30. The molecule has 30 heavy (non-hydrogen) atoms. The lowest BCUT2D eigenvalue weighted by atomic mass is 9.87. The Kier molecular flexibility index (Phi) is 7.98. The van der Waals surface area contributed by atoms with Gasteiger partial charge < -0.3 is 16.0 Å². The molecule has 5 nitrogen and oxygen atoms in total. The van der Waals surface area contributed by atoms with Crippen LogP contribution in [0.3, 0.4) is 0 Å². The molecule has 2 rings (SSSR count). The van der Waals surface area contributed by atoms with Crippen LogP contribution in [0.5, 0.6) is 0 Å². The number of anilines is 1. The average Bonchev–Trinajstić information content (AvgIpc) is 2.69. The van der Waals surface area contributed by atoms with Gasteiger partial charge in [-0.3, -0.25) is 9.59 Å². The van der Waals surface area contributed by atoms with Gasteiger partial charge in [-0.05, 0) is 86.3 Å². The topological polar surface area (TPSA) is 75.4 Å². The van der Waals surface area contributed by atoms with Crippen molar-refractivity contribution in [2.24, 2.45) is 5.73 Å². The van der Waals surface area contributed by atoms with Crippen molar-refractivity contribution in [1.29, 1.82) is 0 Å². The summed E-state index contributed by atoms with van der Waals surface area (Å²) >= 11 is 6.10. The Labute approximate surface area is 182 Å². The molecule has 0 fully saturated rings. The summed E-state index contributed by atoms with van der Waals surface area (Å²) in [6, 6.07) is 9.16. The van der Waals surface area contributed by atoms with E-state index < -0.39 is 11.4 Å². The van der Waals surface area contributed by atoms with Gasteiger partial charge in [-0.1, -0.05) is 18.5 Å². The number of halogens is 2. The number of amides is 2. The molecule has 162 valence electrons. The minimum atomic E-state index is -1.12. The van der Waals surface area contributed by atoms with Gasteiger partial charge in [-0.15, -0.1) is 0 Å². The Morgan fingerprint density at radius 2 is 1.73 bits per heavy atom. The van der Waals surface area contributed by atoms with E-state index in [-0.39, 0.29) is 24.8 Å². The van der Waals surface area contributed by atoms with Gasteiger partial charge in [0.05, 0.1) is 6.42 Å². The van der Waals surface area contributed by atoms with Crippen LogP contribution < -0.4 is 11.1 Å². The van der Waals surface area contributed by atoms with Crippen LogP contribution in [0.2, 0.25) is 5.02 Å². The Morgan fingerprint density at radius 1 is 1.17 bits per heavy atom. The highest BCUT2D eigenvalue weighted by Crippen LogP contribution is 2.27. The molecule has 7 heteroatoms. The molecule has 0 aliphatic carbocycles. The van der Waals surface area contributed by atoms with Crippen molar-refractivity contribution in [3.8, 4) is 0 Å². The third-order valence-corrected chi connectivity index (χ3v) is 5.89. The van der Waals surface area contributed by atoms with Crippen molar-refractivity contribution in [3.05, 3.63) is 63.9 Å². The minimum Gasteiger partial charge on any atom is -0.331 e. The highest BCUT2D eigenvalue weighted by atomic mass is 35.5. The monoisotopic (exact) mass is 433 g/mol. The molecule has 0 saturated carbocycles. The second-order valence-corrected chi connectivity index (χ2v) is 7.97. The second kappa shape index (κ2) is 10.0. The van der Waals surface area contributed by atoms with Gasteiger partial charge in [-0.2, -0.15) is 0 Å². The maximum absolute atomic E-state index is 13.2. The molecule has 0 saturated heterocycles. The maximum atomic E-state index is 13.2. The number of nitrogens with two attached hydrogens (primary N) is 1. The number of carbonyl (C=O) groups is 2. The van der Waals surface area contributed by atoms with Crippen LogP contribution in [-0.4, -0.2) is 35.8 Å². The summed E-state index contributed by atoms with van der Waals surface area (Å²) in [5.74, 6) is -0.923. The zero-order chi connectivity index (χ0) is 22.5. The molecule has 0 aliphatic heterocycles. The normalized spacial score (nSPS) is 12.9. The Morgan fingerprint density at radius 3 is 2.23 bits per heavy atom. The molecule has 1 atom stereocenters. The van der Waals surface area contributed by atoms with Crippen molar-refractivity contribution in [2.75, 3.05) is 18.9 Å². The van der Waals surface area contributed by atoms with E-state index in [1.165, 1.54) is 29.2 Å². The van der Waals surface area contributed by atoms with Crippen molar-refractivity contribution in [3.63, 3.8) is 0 Å². The summed E-state index contributed by atoms with van der Waals surface area (Å²) in [6.07, 6.45) is 0.844. The molecule has 1 unspecified atom stereocenters. The SMILES string of the molecule is CCC(CCN)(C(=O)Nc1ccc(F)cc1)N(C)C(=O)Cc1c(C)cc(Cl)cc1C. The molecule has 2 aromatic carbocycles. The highest BCUT2D eigenvalue weighted by Gasteiger charge is 2.42. The molecule has 0 heterocycles. The number of benzene rings is 2. The lowest BCUT2D eigenvalue weighted by molar-refractivity contribution is -0.143. The van der Waals surface area contributed by atoms with Crippen molar-refractivity contribution < 1.29 is 14.0 Å². The zero-order valence-corrected chi connectivity index (χ0v) is 18.6. The summed E-state index contributed by atoms with van der Waals surface area (Å²) in [5.41, 5.74) is 7.91. The molecular formula is C23H29ClFN3O2. The number of nitrogens with zero attached hydrogens (tertiary/aromatic N) is 1. The third kappa shape index (κ3) is 5.18. The quantitative estimate of drug-likeness (QED) is 0.654. The van der Waals surface area contributed by atoms with Crippen LogP contribution in [0.4, 0.5) is 10.1 Å². The number of rotatable bonds is 8. The predicted octanol–water partition coefficient (Wildman–Crippen LogP) is 4.23. The van der Waals surface area contributed by atoms with E-state index in [4.69, 9.17) is 17.3 Å². The first-order valence-electron chi connectivity index (χ1n) is 9.94. The van der Waals surface area contributed by atoms with E-state index in [0.717, 1.165) is 16.7 Å². The van der Waals surface area contributed by atoms with Gasteiger partial charge in [0.2, 0.25) is 11.8 Å². The number of hydrogen-bond acceptors (Lipinski definition) is 3. The Bertz CT molecular complexity index is 894. The van der Waals surface area contributed by atoms with E-state index in [2.05, 4.69) is 5.32 Å². The molecule has 0 aliphatic rings. The third-order valence-electron chi connectivity index (χ3n) is 5.67. The van der Waals surface area contributed by atoms with E-state index in [9.17, 15) is 14.0 Å². The first kappa shape index (κ1) is 23.8. The fraction of sp³-hybridized carbons (Fsp3) is 0.391. The largest absolute Gasteiger partial charge is 0.331 e. The maximum Gasteiger partial charge on any atom is 0.250 e. The van der Waals surface area contributed by atoms with Crippen molar-refractivity contribution >= 4 is 29.1 Å². The Balaban J connectivity index is 2.31. The molecule has 2 amide bonds. The van der Waals surface area contributed by atoms with Gasteiger partial charge in [0, 0.05) is 17.8 Å². The minimum absolute atomic E-state index is 0.154. The van der Waals surface area contributed by atoms with E-state index >= 15 is 0 Å². The summed E-state index contributed by atoms with van der Waals surface area (Å²) in [7, 11) is 1.63. The van der Waals surface area contributed by atoms with Crippen LogP contribution in [0.1, 0.15) is 36.5 Å². The summed E-state index contributed by atoms with van der Waals surface area (Å²) in [4.78, 5) is 27.9. The molecule has 0 aromatic heterocycles. The molecule has 0 radical (unpaired) electrons.